The SMILES string of the molecule is Cc1c(O)ccc2c(CSc3nncn3C(C)C)cc(=O)oc12. The van der Waals surface area contributed by atoms with Gasteiger partial charge in [-0.2, -0.15) is 0 Å². The molecular formula is C16H17N3O3S. The highest BCUT2D eigenvalue weighted by Crippen LogP contribution is 2.30. The molecule has 2 heterocycles. The van der Waals surface area contributed by atoms with Crippen LogP contribution in [0.2, 0.25) is 0 Å². The second kappa shape index (κ2) is 6.08. The summed E-state index contributed by atoms with van der Waals surface area (Å²) in [4.78, 5) is 11.8. The topological polar surface area (TPSA) is 81.2 Å². The van der Waals surface area contributed by atoms with E-state index in [1.807, 2.05) is 4.57 Å². The zero-order valence-corrected chi connectivity index (χ0v) is 13.9. The van der Waals surface area contributed by atoms with Gasteiger partial charge in [0, 0.05) is 28.8 Å². The van der Waals surface area contributed by atoms with E-state index in [2.05, 4.69) is 24.0 Å². The van der Waals surface area contributed by atoms with E-state index >= 15 is 0 Å². The minimum Gasteiger partial charge on any atom is -0.508 e. The van der Waals surface area contributed by atoms with Crippen LogP contribution < -0.4 is 5.63 Å². The molecule has 3 rings (SSSR count). The van der Waals surface area contributed by atoms with Crippen LogP contribution in [-0.4, -0.2) is 19.9 Å². The summed E-state index contributed by atoms with van der Waals surface area (Å²) in [5, 5.41) is 19.5. The summed E-state index contributed by atoms with van der Waals surface area (Å²) in [6, 6.07) is 5.14. The fraction of sp³-hybridized carbons (Fsp3) is 0.312. The molecular weight excluding hydrogens is 314 g/mol. The molecule has 23 heavy (non-hydrogen) atoms. The Balaban J connectivity index is 1.99. The smallest absolute Gasteiger partial charge is 0.336 e. The van der Waals surface area contributed by atoms with Crippen LogP contribution in [-0.2, 0) is 5.75 Å². The van der Waals surface area contributed by atoms with E-state index in [-0.39, 0.29) is 11.8 Å². The largest absolute Gasteiger partial charge is 0.508 e. The molecule has 1 aromatic carbocycles. The van der Waals surface area contributed by atoms with Crippen LogP contribution in [0.1, 0.15) is 31.0 Å². The van der Waals surface area contributed by atoms with Gasteiger partial charge in [-0.3, -0.25) is 0 Å². The molecule has 0 aliphatic carbocycles. The number of phenols is 1. The van der Waals surface area contributed by atoms with Crippen LogP contribution in [0.4, 0.5) is 0 Å². The van der Waals surface area contributed by atoms with E-state index in [1.54, 1.807) is 25.4 Å². The number of benzene rings is 1. The van der Waals surface area contributed by atoms with E-state index < -0.39 is 5.63 Å². The Hall–Kier alpha value is -2.28. The lowest BCUT2D eigenvalue weighted by molar-refractivity contribution is 0.468. The lowest BCUT2D eigenvalue weighted by Crippen LogP contribution is -2.03. The van der Waals surface area contributed by atoms with Crippen molar-refractivity contribution in [3.05, 3.63) is 46.1 Å². The summed E-state index contributed by atoms with van der Waals surface area (Å²) < 4.78 is 7.24. The summed E-state index contributed by atoms with van der Waals surface area (Å²) in [5.74, 6) is 0.683. The molecule has 7 heteroatoms. The van der Waals surface area contributed by atoms with Gasteiger partial charge in [0.1, 0.15) is 17.7 Å². The third-order valence-electron chi connectivity index (χ3n) is 3.67. The molecule has 0 radical (unpaired) electrons. The number of aromatic hydroxyl groups is 1. The molecule has 1 N–H and O–H groups in total. The lowest BCUT2D eigenvalue weighted by atomic mass is 10.1. The molecule has 3 aromatic rings. The van der Waals surface area contributed by atoms with Gasteiger partial charge in [-0.25, -0.2) is 4.79 Å². The fourth-order valence-corrected chi connectivity index (χ4v) is 3.40. The first-order chi connectivity index (χ1) is 11.0. The Morgan fingerprint density at radius 2 is 2.17 bits per heavy atom. The monoisotopic (exact) mass is 331 g/mol. The average Bonchev–Trinajstić information content (AvgIpc) is 2.97. The normalized spacial score (nSPS) is 11.5. The number of phenolic OH excluding ortho intramolecular Hbond substituents is 1. The van der Waals surface area contributed by atoms with Gasteiger partial charge in [0.2, 0.25) is 0 Å². The number of rotatable bonds is 4. The molecule has 2 aromatic heterocycles. The molecule has 0 fully saturated rings. The molecule has 6 nitrogen and oxygen atoms in total. The lowest BCUT2D eigenvalue weighted by Gasteiger charge is -2.10. The number of thioether (sulfide) groups is 1. The first-order valence-corrected chi connectivity index (χ1v) is 8.23. The fourth-order valence-electron chi connectivity index (χ4n) is 2.37. The Bertz CT molecular complexity index is 915. The molecule has 120 valence electrons. The summed E-state index contributed by atoms with van der Waals surface area (Å²) in [7, 11) is 0. The van der Waals surface area contributed by atoms with Gasteiger partial charge in [-0.05, 0) is 38.5 Å². The Morgan fingerprint density at radius 1 is 1.39 bits per heavy atom. The predicted molar refractivity (Wildman–Crippen MR) is 88.9 cm³/mol. The Kier molecular flexibility index (Phi) is 4.12. The summed E-state index contributed by atoms with van der Waals surface area (Å²) in [5.41, 5.74) is 1.42. The van der Waals surface area contributed by atoms with E-state index in [0.29, 0.717) is 16.9 Å². The van der Waals surface area contributed by atoms with Gasteiger partial charge >= 0.3 is 5.63 Å². The number of aromatic nitrogens is 3. The summed E-state index contributed by atoms with van der Waals surface area (Å²) >= 11 is 1.52. The van der Waals surface area contributed by atoms with Crippen molar-refractivity contribution >= 4 is 22.7 Å². The van der Waals surface area contributed by atoms with Crippen molar-refractivity contribution < 1.29 is 9.52 Å². The van der Waals surface area contributed by atoms with Crippen LogP contribution in [0.15, 0.2) is 38.9 Å². The van der Waals surface area contributed by atoms with Gasteiger partial charge in [0.15, 0.2) is 5.16 Å². The maximum absolute atomic E-state index is 11.8. The highest BCUT2D eigenvalue weighted by molar-refractivity contribution is 7.98. The third-order valence-corrected chi connectivity index (χ3v) is 4.68. The van der Waals surface area contributed by atoms with Crippen LogP contribution in [0.3, 0.4) is 0 Å². The second-order valence-electron chi connectivity index (χ2n) is 5.58. The van der Waals surface area contributed by atoms with Crippen LogP contribution >= 0.6 is 11.8 Å². The van der Waals surface area contributed by atoms with Gasteiger partial charge in [0.05, 0.1) is 0 Å². The van der Waals surface area contributed by atoms with E-state index in [0.717, 1.165) is 16.1 Å². The van der Waals surface area contributed by atoms with Gasteiger partial charge in [-0.1, -0.05) is 11.8 Å². The van der Waals surface area contributed by atoms with Crippen molar-refractivity contribution in [1.82, 2.24) is 14.8 Å². The molecule has 0 amide bonds. The summed E-state index contributed by atoms with van der Waals surface area (Å²) in [6.07, 6.45) is 1.70. The molecule has 0 aliphatic rings. The van der Waals surface area contributed by atoms with Crippen LogP contribution in [0.25, 0.3) is 11.0 Å². The first-order valence-electron chi connectivity index (χ1n) is 7.25. The minimum absolute atomic E-state index is 0.116. The van der Waals surface area contributed by atoms with Crippen molar-refractivity contribution in [2.45, 2.75) is 37.7 Å². The maximum Gasteiger partial charge on any atom is 0.336 e. The third kappa shape index (κ3) is 2.96. The molecule has 0 saturated carbocycles. The van der Waals surface area contributed by atoms with Gasteiger partial charge in [-0.15, -0.1) is 10.2 Å². The molecule has 0 unspecified atom stereocenters. The molecule has 0 spiro atoms. The van der Waals surface area contributed by atoms with Gasteiger partial charge < -0.3 is 14.1 Å². The Morgan fingerprint density at radius 3 is 2.91 bits per heavy atom. The van der Waals surface area contributed by atoms with Gasteiger partial charge in [0.25, 0.3) is 0 Å². The first kappa shape index (κ1) is 15.6. The number of aryl methyl sites for hydroxylation is 1. The number of hydrogen-bond donors (Lipinski definition) is 1. The molecule has 0 bridgehead atoms. The average molecular weight is 331 g/mol. The molecule has 0 saturated heterocycles. The van der Waals surface area contributed by atoms with E-state index in [9.17, 15) is 9.90 Å². The number of hydrogen-bond acceptors (Lipinski definition) is 6. The number of fused-ring (bicyclic) bond motifs is 1. The zero-order valence-electron chi connectivity index (χ0n) is 13.1. The molecule has 0 aliphatic heterocycles. The number of nitrogens with zero attached hydrogens (tertiary/aromatic N) is 3. The second-order valence-corrected chi connectivity index (χ2v) is 6.52. The summed E-state index contributed by atoms with van der Waals surface area (Å²) in [6.45, 7) is 5.85. The highest BCUT2D eigenvalue weighted by atomic mass is 32.2. The van der Waals surface area contributed by atoms with Crippen molar-refractivity contribution in [2.75, 3.05) is 0 Å². The van der Waals surface area contributed by atoms with Crippen molar-refractivity contribution in [3.8, 4) is 5.75 Å². The van der Waals surface area contributed by atoms with E-state index in [4.69, 9.17) is 4.42 Å². The minimum atomic E-state index is -0.424. The Labute approximate surface area is 137 Å². The predicted octanol–water partition coefficient (Wildman–Crippen LogP) is 3.27. The van der Waals surface area contributed by atoms with E-state index in [1.165, 1.54) is 17.8 Å². The van der Waals surface area contributed by atoms with Crippen LogP contribution in [0.5, 0.6) is 5.75 Å². The van der Waals surface area contributed by atoms with Crippen LogP contribution in [0, 0.1) is 6.92 Å². The highest BCUT2D eigenvalue weighted by Gasteiger charge is 2.13. The molecule has 0 atom stereocenters. The van der Waals surface area contributed by atoms with Crippen molar-refractivity contribution in [2.24, 2.45) is 0 Å². The maximum atomic E-state index is 11.8. The van der Waals surface area contributed by atoms with Crippen molar-refractivity contribution in [1.29, 1.82) is 0 Å². The quantitative estimate of drug-likeness (QED) is 0.584. The standard InChI is InChI=1S/C16H17N3O3S/c1-9(2)19-8-17-18-16(19)23-7-11-6-14(21)22-15-10(3)13(20)5-4-12(11)15/h4-6,8-9,20H,7H2,1-3H3. The zero-order chi connectivity index (χ0) is 16.6. The van der Waals surface area contributed by atoms with Crippen molar-refractivity contribution in [3.63, 3.8) is 0 Å².